The Hall–Kier alpha value is -3.56. The second-order valence-electron chi connectivity index (χ2n) is 8.50. The Labute approximate surface area is 191 Å². The zero-order chi connectivity index (χ0) is 24.3. The van der Waals surface area contributed by atoms with Gasteiger partial charge in [-0.15, -0.1) is 4.91 Å². The second kappa shape index (κ2) is 9.93. The lowest BCUT2D eigenvalue weighted by Gasteiger charge is -2.39. The summed E-state index contributed by atoms with van der Waals surface area (Å²) in [6, 6.07) is 4.61. The predicted octanol–water partition coefficient (Wildman–Crippen LogP) is 3.04. The molecule has 2 heterocycles. The minimum Gasteiger partial charge on any atom is -0.348 e. The van der Waals surface area contributed by atoms with Crippen molar-refractivity contribution in [2.45, 2.75) is 40.7 Å². The van der Waals surface area contributed by atoms with Crippen molar-refractivity contribution in [2.24, 2.45) is 11.1 Å². The Morgan fingerprint density at radius 1 is 1.27 bits per heavy atom. The van der Waals surface area contributed by atoms with Gasteiger partial charge in [0.2, 0.25) is 5.43 Å². The van der Waals surface area contributed by atoms with E-state index in [0.717, 1.165) is 12.0 Å². The number of halogens is 1. The largest absolute Gasteiger partial charge is 0.348 e. The van der Waals surface area contributed by atoms with Gasteiger partial charge in [-0.05, 0) is 43.0 Å². The molecule has 0 atom stereocenters. The quantitative estimate of drug-likeness (QED) is 0.614. The van der Waals surface area contributed by atoms with Crippen molar-refractivity contribution in [3.8, 4) is 0 Å². The first-order chi connectivity index (χ1) is 15.7. The fourth-order valence-corrected chi connectivity index (χ4v) is 3.63. The van der Waals surface area contributed by atoms with Crippen LogP contribution >= 0.6 is 0 Å². The summed E-state index contributed by atoms with van der Waals surface area (Å²) >= 11 is 0. The number of hydrogen-bond acceptors (Lipinski definition) is 6. The van der Waals surface area contributed by atoms with Crippen molar-refractivity contribution in [1.82, 2.24) is 14.9 Å². The normalized spacial score (nSPS) is 13.3. The third-order valence-electron chi connectivity index (χ3n) is 5.62. The first-order valence-electron chi connectivity index (χ1n) is 10.9. The van der Waals surface area contributed by atoms with E-state index in [9.17, 15) is 23.7 Å². The van der Waals surface area contributed by atoms with Crippen LogP contribution in [-0.4, -0.2) is 41.1 Å². The molecule has 0 unspecified atom stereocenters. The monoisotopic (exact) mass is 457 g/mol. The minimum absolute atomic E-state index is 0.143. The van der Waals surface area contributed by atoms with Gasteiger partial charge in [0.05, 0.1) is 0 Å². The van der Waals surface area contributed by atoms with Gasteiger partial charge < -0.3 is 10.2 Å². The van der Waals surface area contributed by atoms with Gasteiger partial charge in [0, 0.05) is 31.4 Å². The zero-order valence-corrected chi connectivity index (χ0v) is 19.2. The van der Waals surface area contributed by atoms with Gasteiger partial charge in [0.15, 0.2) is 11.4 Å². The van der Waals surface area contributed by atoms with Crippen LogP contribution in [0.3, 0.4) is 0 Å². The molecule has 0 saturated heterocycles. The second-order valence-corrected chi connectivity index (χ2v) is 8.50. The van der Waals surface area contributed by atoms with Crippen LogP contribution in [0.2, 0.25) is 0 Å². The summed E-state index contributed by atoms with van der Waals surface area (Å²) in [5, 5.41) is 7.14. The Balaban J connectivity index is 2.00. The molecule has 1 aromatic heterocycles. The van der Waals surface area contributed by atoms with Crippen molar-refractivity contribution < 1.29 is 14.0 Å². The third kappa shape index (κ3) is 4.94. The SMILES string of the molecule is CCN1CN(CCC(C)C)n2cc(C(=O)NCc3ccc(C)cc3F)c(=O)c(N=O)c2C1=O. The number of aromatic nitrogens is 1. The molecule has 1 aliphatic heterocycles. The number of nitrogens with zero attached hydrogens (tertiary/aromatic N) is 4. The van der Waals surface area contributed by atoms with Crippen molar-refractivity contribution in [3.05, 3.63) is 67.7 Å². The molecular weight excluding hydrogens is 429 g/mol. The number of hydrogen-bond donors (Lipinski definition) is 1. The Morgan fingerprint density at radius 2 is 2.00 bits per heavy atom. The number of carbonyl (C=O) groups excluding carboxylic acids is 2. The highest BCUT2D eigenvalue weighted by Gasteiger charge is 2.34. The van der Waals surface area contributed by atoms with Gasteiger partial charge in [-0.25, -0.2) is 4.39 Å². The number of amides is 2. The van der Waals surface area contributed by atoms with Gasteiger partial charge in [0.1, 0.15) is 18.0 Å². The number of benzene rings is 1. The molecule has 3 rings (SSSR count). The fraction of sp³-hybridized carbons (Fsp3) is 0.435. The zero-order valence-electron chi connectivity index (χ0n) is 19.2. The number of pyridine rings is 1. The molecule has 0 saturated carbocycles. The van der Waals surface area contributed by atoms with Gasteiger partial charge >= 0.3 is 0 Å². The smallest absolute Gasteiger partial charge is 0.276 e. The summed E-state index contributed by atoms with van der Waals surface area (Å²) in [6.07, 6.45) is 2.05. The summed E-state index contributed by atoms with van der Waals surface area (Å²) in [4.78, 5) is 51.8. The van der Waals surface area contributed by atoms with Gasteiger partial charge in [0.25, 0.3) is 11.8 Å². The van der Waals surface area contributed by atoms with E-state index in [0.29, 0.717) is 19.0 Å². The summed E-state index contributed by atoms with van der Waals surface area (Å²) in [7, 11) is 0. The molecule has 1 N–H and O–H groups in total. The number of nitrogens with one attached hydrogen (secondary N) is 1. The molecule has 0 spiro atoms. The maximum absolute atomic E-state index is 14.1. The van der Waals surface area contributed by atoms with Crippen LogP contribution in [0.15, 0.2) is 34.4 Å². The lowest BCUT2D eigenvalue weighted by atomic mass is 10.1. The van der Waals surface area contributed by atoms with Crippen molar-refractivity contribution in [3.63, 3.8) is 0 Å². The molecule has 10 heteroatoms. The maximum Gasteiger partial charge on any atom is 0.276 e. The molecule has 0 aliphatic carbocycles. The number of fused-ring (bicyclic) bond motifs is 1. The Morgan fingerprint density at radius 3 is 2.61 bits per heavy atom. The number of carbonyl (C=O) groups is 2. The average Bonchev–Trinajstić information content (AvgIpc) is 2.77. The number of aryl methyl sites for hydroxylation is 1. The molecular formula is C23H28FN5O4. The summed E-state index contributed by atoms with van der Waals surface area (Å²) in [6.45, 7) is 8.67. The highest BCUT2D eigenvalue weighted by atomic mass is 19.1. The molecule has 2 aromatic rings. The van der Waals surface area contributed by atoms with E-state index >= 15 is 0 Å². The van der Waals surface area contributed by atoms with E-state index in [1.807, 2.05) is 0 Å². The molecule has 33 heavy (non-hydrogen) atoms. The van der Waals surface area contributed by atoms with Crippen molar-refractivity contribution in [2.75, 3.05) is 24.8 Å². The molecule has 176 valence electrons. The predicted molar refractivity (Wildman–Crippen MR) is 123 cm³/mol. The summed E-state index contributed by atoms with van der Waals surface area (Å²) < 4.78 is 15.5. The maximum atomic E-state index is 14.1. The van der Waals surface area contributed by atoms with E-state index in [1.54, 1.807) is 31.0 Å². The Bertz CT molecular complexity index is 1140. The summed E-state index contributed by atoms with van der Waals surface area (Å²) in [5.74, 6) is -1.39. The molecule has 0 fully saturated rings. The molecule has 0 bridgehead atoms. The van der Waals surface area contributed by atoms with E-state index in [2.05, 4.69) is 24.3 Å². The third-order valence-corrected chi connectivity index (χ3v) is 5.62. The van der Waals surface area contributed by atoms with E-state index in [-0.39, 0.29) is 30.0 Å². The highest BCUT2D eigenvalue weighted by Crippen LogP contribution is 2.23. The van der Waals surface area contributed by atoms with E-state index in [4.69, 9.17) is 0 Å². The molecule has 1 aliphatic rings. The van der Waals surface area contributed by atoms with Crippen molar-refractivity contribution >= 4 is 17.5 Å². The minimum atomic E-state index is -0.937. The van der Waals surface area contributed by atoms with E-state index < -0.39 is 28.7 Å². The average molecular weight is 458 g/mol. The van der Waals surface area contributed by atoms with Crippen molar-refractivity contribution in [1.29, 1.82) is 0 Å². The fourth-order valence-electron chi connectivity index (χ4n) is 3.63. The van der Waals surface area contributed by atoms with Crippen LogP contribution in [-0.2, 0) is 6.54 Å². The molecule has 1 aromatic carbocycles. The molecule has 2 amide bonds. The van der Waals surface area contributed by atoms with Crippen LogP contribution in [0, 0.1) is 23.6 Å². The highest BCUT2D eigenvalue weighted by molar-refractivity contribution is 6.01. The molecule has 9 nitrogen and oxygen atoms in total. The van der Waals surface area contributed by atoms with Gasteiger partial charge in [-0.1, -0.05) is 26.0 Å². The lowest BCUT2D eigenvalue weighted by molar-refractivity contribution is 0.0701. The summed E-state index contributed by atoms with van der Waals surface area (Å²) in [5.41, 5.74) is -1.05. The van der Waals surface area contributed by atoms with Crippen LogP contribution in [0.25, 0.3) is 0 Å². The number of rotatable bonds is 8. The van der Waals surface area contributed by atoms with Crippen LogP contribution in [0.4, 0.5) is 10.1 Å². The molecule has 0 radical (unpaired) electrons. The van der Waals surface area contributed by atoms with Crippen LogP contribution < -0.4 is 15.8 Å². The van der Waals surface area contributed by atoms with Gasteiger partial charge in [-0.3, -0.25) is 24.1 Å². The van der Waals surface area contributed by atoms with Gasteiger partial charge in [-0.2, -0.15) is 0 Å². The first kappa shape index (κ1) is 24.1. The van der Waals surface area contributed by atoms with Crippen LogP contribution in [0.1, 0.15) is 59.2 Å². The standard InChI is InChI=1S/C23H28FN5O4/c1-5-27-13-28(9-8-14(2)3)29-12-17(21(30)19(26-33)20(29)23(27)32)22(31)25-11-16-7-6-15(4)10-18(16)24/h6-7,10,12,14H,5,8-9,11,13H2,1-4H3,(H,25,31). The first-order valence-corrected chi connectivity index (χ1v) is 10.9. The lowest BCUT2D eigenvalue weighted by Crippen LogP contribution is -2.55. The Kier molecular flexibility index (Phi) is 7.25. The topological polar surface area (TPSA) is 104 Å². The van der Waals surface area contributed by atoms with E-state index in [1.165, 1.54) is 21.8 Å². The number of nitroso groups, excluding NO2 is 1. The van der Waals surface area contributed by atoms with Crippen LogP contribution in [0.5, 0.6) is 0 Å².